The Hall–Kier alpha value is -3.35. The summed E-state index contributed by atoms with van der Waals surface area (Å²) in [6.07, 6.45) is 0.256. The van der Waals surface area contributed by atoms with E-state index in [4.69, 9.17) is 4.74 Å². The molecule has 0 bridgehead atoms. The summed E-state index contributed by atoms with van der Waals surface area (Å²) in [5, 5.41) is 5.53. The predicted octanol–water partition coefficient (Wildman–Crippen LogP) is 2.51. The molecule has 7 heteroatoms. The third-order valence-electron chi connectivity index (χ3n) is 4.55. The first-order chi connectivity index (χ1) is 14.0. The molecule has 0 radical (unpaired) electrons. The van der Waals surface area contributed by atoms with Crippen LogP contribution in [0.3, 0.4) is 0 Å². The van der Waals surface area contributed by atoms with E-state index in [0.29, 0.717) is 23.7 Å². The van der Waals surface area contributed by atoms with Crippen LogP contribution in [0.15, 0.2) is 48.5 Å². The molecule has 152 valence electrons. The third kappa shape index (κ3) is 5.13. The van der Waals surface area contributed by atoms with Crippen molar-refractivity contribution in [3.8, 4) is 5.75 Å². The normalized spacial score (nSPS) is 15.1. The van der Waals surface area contributed by atoms with Crippen molar-refractivity contribution in [1.29, 1.82) is 0 Å². The van der Waals surface area contributed by atoms with E-state index < -0.39 is 6.10 Å². The van der Waals surface area contributed by atoms with Crippen LogP contribution < -0.4 is 20.3 Å². The summed E-state index contributed by atoms with van der Waals surface area (Å²) >= 11 is 0. The molecule has 0 saturated carbocycles. The van der Waals surface area contributed by atoms with Gasteiger partial charge in [0.15, 0.2) is 6.10 Å². The second-order valence-electron chi connectivity index (χ2n) is 6.92. The number of anilines is 2. The molecule has 7 nitrogen and oxygen atoms in total. The zero-order valence-electron chi connectivity index (χ0n) is 16.6. The van der Waals surface area contributed by atoms with Gasteiger partial charge < -0.3 is 20.3 Å². The number of carbonyl (C=O) groups is 3. The highest BCUT2D eigenvalue weighted by Crippen LogP contribution is 2.33. The van der Waals surface area contributed by atoms with Crippen LogP contribution in [0.25, 0.3) is 0 Å². The summed E-state index contributed by atoms with van der Waals surface area (Å²) in [5.74, 6) is 0.0241. The molecule has 0 aromatic heterocycles. The van der Waals surface area contributed by atoms with Gasteiger partial charge in [-0.1, -0.05) is 31.2 Å². The van der Waals surface area contributed by atoms with Crippen molar-refractivity contribution in [2.75, 3.05) is 23.3 Å². The fourth-order valence-corrected chi connectivity index (χ4v) is 3.15. The molecule has 1 aliphatic heterocycles. The van der Waals surface area contributed by atoms with Gasteiger partial charge in [0.25, 0.3) is 5.91 Å². The van der Waals surface area contributed by atoms with E-state index in [1.54, 1.807) is 35.2 Å². The van der Waals surface area contributed by atoms with Gasteiger partial charge in [0.05, 0.1) is 18.7 Å². The minimum atomic E-state index is -0.748. The lowest BCUT2D eigenvalue weighted by atomic mass is 10.1. The zero-order chi connectivity index (χ0) is 20.8. The monoisotopic (exact) mass is 395 g/mol. The van der Waals surface area contributed by atoms with Crippen LogP contribution in [-0.2, 0) is 20.8 Å². The van der Waals surface area contributed by atoms with E-state index in [-0.39, 0.29) is 30.7 Å². The molecular weight excluding hydrogens is 370 g/mol. The van der Waals surface area contributed by atoms with Crippen molar-refractivity contribution in [3.63, 3.8) is 0 Å². The average molecular weight is 395 g/mol. The van der Waals surface area contributed by atoms with Crippen LogP contribution in [-0.4, -0.2) is 36.9 Å². The van der Waals surface area contributed by atoms with E-state index in [2.05, 4.69) is 10.6 Å². The van der Waals surface area contributed by atoms with Gasteiger partial charge in [-0.3, -0.25) is 14.4 Å². The van der Waals surface area contributed by atoms with Crippen molar-refractivity contribution < 1.29 is 19.1 Å². The zero-order valence-corrected chi connectivity index (χ0v) is 16.6. The van der Waals surface area contributed by atoms with Crippen LogP contribution in [0.2, 0.25) is 0 Å². The molecule has 0 unspecified atom stereocenters. The van der Waals surface area contributed by atoms with Crippen LogP contribution in [0, 0.1) is 0 Å². The van der Waals surface area contributed by atoms with Gasteiger partial charge >= 0.3 is 0 Å². The average Bonchev–Trinajstić information content (AvgIpc) is 2.72. The molecule has 1 atom stereocenters. The number of carbonyl (C=O) groups excluding carboxylic acids is 3. The minimum Gasteiger partial charge on any atom is -0.477 e. The molecule has 2 N–H and O–H groups in total. The number of amides is 3. The van der Waals surface area contributed by atoms with Crippen LogP contribution >= 0.6 is 0 Å². The number of rotatable bonds is 6. The Labute approximate surface area is 170 Å². The molecule has 1 aliphatic rings. The first-order valence-electron chi connectivity index (χ1n) is 9.68. The molecule has 0 saturated heterocycles. The standard InChI is InChI=1S/C22H25N3O4/c1-3-12-23-22(28)20-14-25(18-6-4-5-7-19(18)29-20)21(27)13-16-8-10-17(11-9-16)24-15(2)26/h4-11,20H,3,12-14H2,1-2H3,(H,23,28)(H,24,26)/t20-/m1/s1. The van der Waals surface area contributed by atoms with Gasteiger partial charge in [0, 0.05) is 19.2 Å². The highest BCUT2D eigenvalue weighted by Gasteiger charge is 2.33. The number of nitrogens with one attached hydrogen (secondary N) is 2. The smallest absolute Gasteiger partial charge is 0.262 e. The van der Waals surface area contributed by atoms with E-state index in [1.807, 2.05) is 25.1 Å². The second-order valence-corrected chi connectivity index (χ2v) is 6.92. The lowest BCUT2D eigenvalue weighted by molar-refractivity contribution is -0.128. The molecule has 3 amide bonds. The molecule has 3 rings (SSSR count). The van der Waals surface area contributed by atoms with Gasteiger partial charge in [-0.15, -0.1) is 0 Å². The third-order valence-corrected chi connectivity index (χ3v) is 4.55. The maximum Gasteiger partial charge on any atom is 0.262 e. The number of benzene rings is 2. The van der Waals surface area contributed by atoms with Gasteiger partial charge in [-0.2, -0.15) is 0 Å². The van der Waals surface area contributed by atoms with E-state index in [0.717, 1.165) is 12.0 Å². The molecule has 0 spiro atoms. The Morgan fingerprint density at radius 2 is 1.83 bits per heavy atom. The van der Waals surface area contributed by atoms with Crippen LogP contribution in [0.1, 0.15) is 25.8 Å². The van der Waals surface area contributed by atoms with Crippen molar-refractivity contribution in [3.05, 3.63) is 54.1 Å². The van der Waals surface area contributed by atoms with Crippen molar-refractivity contribution in [2.24, 2.45) is 0 Å². The summed E-state index contributed by atoms with van der Waals surface area (Å²) in [4.78, 5) is 38.2. The summed E-state index contributed by atoms with van der Waals surface area (Å²) < 4.78 is 5.83. The Morgan fingerprint density at radius 1 is 1.10 bits per heavy atom. The number of hydrogen-bond acceptors (Lipinski definition) is 4. The van der Waals surface area contributed by atoms with E-state index in [9.17, 15) is 14.4 Å². The van der Waals surface area contributed by atoms with E-state index in [1.165, 1.54) is 6.92 Å². The van der Waals surface area contributed by atoms with E-state index >= 15 is 0 Å². The topological polar surface area (TPSA) is 87.7 Å². The number of ether oxygens (including phenoxy) is 1. The largest absolute Gasteiger partial charge is 0.477 e. The Kier molecular flexibility index (Phi) is 6.49. The summed E-state index contributed by atoms with van der Waals surface area (Å²) in [5.41, 5.74) is 2.16. The van der Waals surface area contributed by atoms with Crippen LogP contribution in [0.5, 0.6) is 5.75 Å². The first kappa shape index (κ1) is 20.4. The van der Waals surface area contributed by atoms with Crippen molar-refractivity contribution >= 4 is 29.1 Å². The number of para-hydroxylation sites is 2. The van der Waals surface area contributed by atoms with Crippen molar-refractivity contribution in [1.82, 2.24) is 5.32 Å². The predicted molar refractivity (Wildman–Crippen MR) is 111 cm³/mol. The number of fused-ring (bicyclic) bond motifs is 1. The maximum atomic E-state index is 13.0. The lowest BCUT2D eigenvalue weighted by Gasteiger charge is -2.34. The SMILES string of the molecule is CCCNC(=O)[C@H]1CN(C(=O)Cc2ccc(NC(C)=O)cc2)c2ccccc2O1. The quantitative estimate of drug-likeness (QED) is 0.787. The first-order valence-corrected chi connectivity index (χ1v) is 9.68. The Bertz CT molecular complexity index is 895. The summed E-state index contributed by atoms with van der Waals surface area (Å²) in [6.45, 7) is 4.15. The molecule has 29 heavy (non-hydrogen) atoms. The molecule has 0 aliphatic carbocycles. The highest BCUT2D eigenvalue weighted by atomic mass is 16.5. The number of hydrogen-bond donors (Lipinski definition) is 2. The summed E-state index contributed by atoms with van der Waals surface area (Å²) in [7, 11) is 0. The molecule has 2 aromatic carbocycles. The minimum absolute atomic E-state index is 0.124. The summed E-state index contributed by atoms with van der Waals surface area (Å²) in [6, 6.07) is 14.4. The van der Waals surface area contributed by atoms with Crippen molar-refractivity contribution in [2.45, 2.75) is 32.8 Å². The van der Waals surface area contributed by atoms with Gasteiger partial charge in [-0.05, 0) is 36.2 Å². The fraction of sp³-hybridized carbons (Fsp3) is 0.318. The fourth-order valence-electron chi connectivity index (χ4n) is 3.15. The van der Waals surface area contributed by atoms with Crippen LogP contribution in [0.4, 0.5) is 11.4 Å². The van der Waals surface area contributed by atoms with Gasteiger partial charge in [-0.25, -0.2) is 0 Å². The Morgan fingerprint density at radius 3 is 2.52 bits per heavy atom. The molecule has 2 aromatic rings. The number of nitrogens with zero attached hydrogens (tertiary/aromatic N) is 1. The maximum absolute atomic E-state index is 13.0. The molecule has 1 heterocycles. The van der Waals surface area contributed by atoms with Gasteiger partial charge in [0.1, 0.15) is 5.75 Å². The highest BCUT2D eigenvalue weighted by molar-refractivity contribution is 5.98. The second kappa shape index (κ2) is 9.23. The lowest BCUT2D eigenvalue weighted by Crippen LogP contribution is -2.51. The Balaban J connectivity index is 1.75. The molecule has 0 fully saturated rings. The molecular formula is C22H25N3O4. The van der Waals surface area contributed by atoms with Gasteiger partial charge in [0.2, 0.25) is 11.8 Å².